The monoisotopic (exact) mass is 200 g/mol. The minimum absolute atomic E-state index is 0.0395. The molecule has 0 unspecified atom stereocenters. The molecule has 0 aromatic carbocycles. The van der Waals surface area contributed by atoms with Crippen molar-refractivity contribution < 1.29 is 19.4 Å². The molecule has 1 N–H and O–H groups in total. The zero-order chi connectivity index (χ0) is 10.1. The van der Waals surface area contributed by atoms with Crippen molar-refractivity contribution >= 4 is 5.97 Å². The smallest absolute Gasteiger partial charge is 0.308 e. The summed E-state index contributed by atoms with van der Waals surface area (Å²) in [6.07, 6.45) is 1.11. The van der Waals surface area contributed by atoms with Crippen LogP contribution in [0, 0.1) is 17.8 Å². The lowest BCUT2D eigenvalue weighted by atomic mass is 9.72. The number of aliphatic hydroxyl groups is 1. The number of carbonyl (C=O) groups excluding carboxylic acids is 1. The Kier molecular flexibility index (Phi) is 2.74. The molecule has 2 aliphatic rings. The molecule has 0 aromatic rings. The molecular formula is C10H16O4. The van der Waals surface area contributed by atoms with Crippen molar-refractivity contribution in [3.05, 3.63) is 0 Å². The van der Waals surface area contributed by atoms with E-state index in [2.05, 4.69) is 0 Å². The molecule has 1 aliphatic carbocycles. The number of rotatable bonds is 1. The number of aliphatic hydroxyl groups excluding tert-OH is 1. The first kappa shape index (κ1) is 9.93. The Morgan fingerprint density at radius 3 is 2.43 bits per heavy atom. The third-order valence-electron chi connectivity index (χ3n) is 3.34. The summed E-state index contributed by atoms with van der Waals surface area (Å²) < 4.78 is 10.1. The van der Waals surface area contributed by atoms with Gasteiger partial charge in [0.1, 0.15) is 0 Å². The lowest BCUT2D eigenvalue weighted by Crippen LogP contribution is -2.47. The largest absolute Gasteiger partial charge is 0.469 e. The fourth-order valence-corrected chi connectivity index (χ4v) is 2.55. The van der Waals surface area contributed by atoms with Gasteiger partial charge in [-0.3, -0.25) is 4.79 Å². The molecule has 80 valence electrons. The fourth-order valence-electron chi connectivity index (χ4n) is 2.55. The van der Waals surface area contributed by atoms with E-state index >= 15 is 0 Å². The average molecular weight is 200 g/mol. The number of hydrogen-bond acceptors (Lipinski definition) is 4. The summed E-state index contributed by atoms with van der Waals surface area (Å²) in [5, 5.41) is 9.83. The number of hydrogen-bond donors (Lipinski definition) is 1. The topological polar surface area (TPSA) is 55.8 Å². The Bertz CT molecular complexity index is 214. The van der Waals surface area contributed by atoms with Gasteiger partial charge in [-0.1, -0.05) is 0 Å². The van der Waals surface area contributed by atoms with Gasteiger partial charge in [0.25, 0.3) is 0 Å². The van der Waals surface area contributed by atoms with Crippen LogP contribution in [0.2, 0.25) is 0 Å². The van der Waals surface area contributed by atoms with Crippen LogP contribution in [-0.4, -0.2) is 37.5 Å². The van der Waals surface area contributed by atoms with E-state index < -0.39 is 0 Å². The first-order valence-corrected chi connectivity index (χ1v) is 5.06. The van der Waals surface area contributed by atoms with Crippen molar-refractivity contribution in [2.45, 2.75) is 18.9 Å². The molecule has 0 spiro atoms. The number of ether oxygens (including phenoxy) is 2. The number of carbonyl (C=O) groups is 1. The molecule has 1 aliphatic heterocycles. The second kappa shape index (κ2) is 3.87. The highest BCUT2D eigenvalue weighted by atomic mass is 16.5. The SMILES string of the molecule is COC(=O)C1C[C@H]2COC[C@H](C1)C2O. The molecule has 1 heterocycles. The van der Waals surface area contributed by atoms with E-state index in [1.54, 1.807) is 0 Å². The molecule has 1 saturated heterocycles. The Hall–Kier alpha value is -0.610. The van der Waals surface area contributed by atoms with Gasteiger partial charge in [0.2, 0.25) is 0 Å². The fraction of sp³-hybridized carbons (Fsp3) is 0.900. The molecule has 0 radical (unpaired) electrons. The summed E-state index contributed by atoms with van der Waals surface area (Å²) in [6, 6.07) is 0. The second-order valence-corrected chi connectivity index (χ2v) is 4.24. The van der Waals surface area contributed by atoms with Gasteiger partial charge in [0.05, 0.1) is 32.3 Å². The summed E-state index contributed by atoms with van der Waals surface area (Å²) in [5.41, 5.74) is 0. The lowest BCUT2D eigenvalue weighted by Gasteiger charge is -2.41. The molecule has 2 atom stereocenters. The highest BCUT2D eigenvalue weighted by Crippen LogP contribution is 2.37. The van der Waals surface area contributed by atoms with Crippen molar-refractivity contribution in [1.82, 2.24) is 0 Å². The molecule has 14 heavy (non-hydrogen) atoms. The summed E-state index contributed by atoms with van der Waals surface area (Å²) >= 11 is 0. The third-order valence-corrected chi connectivity index (χ3v) is 3.34. The van der Waals surface area contributed by atoms with E-state index in [0.29, 0.717) is 26.1 Å². The highest BCUT2D eigenvalue weighted by molar-refractivity contribution is 5.72. The maximum absolute atomic E-state index is 11.4. The molecular weight excluding hydrogens is 184 g/mol. The molecule has 0 amide bonds. The van der Waals surface area contributed by atoms with Gasteiger partial charge in [0, 0.05) is 11.8 Å². The Morgan fingerprint density at radius 1 is 1.36 bits per heavy atom. The molecule has 2 bridgehead atoms. The van der Waals surface area contributed by atoms with Crippen LogP contribution in [0.5, 0.6) is 0 Å². The van der Waals surface area contributed by atoms with E-state index in [9.17, 15) is 9.90 Å². The Labute approximate surface area is 83.2 Å². The predicted molar refractivity (Wildman–Crippen MR) is 48.5 cm³/mol. The van der Waals surface area contributed by atoms with Gasteiger partial charge in [-0.2, -0.15) is 0 Å². The standard InChI is InChI=1S/C10H16O4/c1-13-10(12)6-2-7-4-14-5-8(3-6)9(7)11/h6-9,11H,2-5H2,1H3/t6?,7-,8-,9?/m0/s1. The van der Waals surface area contributed by atoms with Crippen LogP contribution in [-0.2, 0) is 14.3 Å². The summed E-state index contributed by atoms with van der Waals surface area (Å²) in [6.45, 7) is 1.15. The van der Waals surface area contributed by atoms with E-state index in [0.717, 1.165) is 0 Å². The van der Waals surface area contributed by atoms with E-state index in [1.165, 1.54) is 7.11 Å². The van der Waals surface area contributed by atoms with Crippen molar-refractivity contribution in [1.29, 1.82) is 0 Å². The normalized spacial score (nSPS) is 41.9. The molecule has 1 saturated carbocycles. The maximum atomic E-state index is 11.4. The van der Waals surface area contributed by atoms with Crippen molar-refractivity contribution in [3.63, 3.8) is 0 Å². The van der Waals surface area contributed by atoms with Gasteiger partial charge in [0.15, 0.2) is 0 Å². The molecule has 4 nitrogen and oxygen atoms in total. The van der Waals surface area contributed by atoms with Crippen molar-refractivity contribution in [2.75, 3.05) is 20.3 Å². The third kappa shape index (κ3) is 1.64. The van der Waals surface area contributed by atoms with Gasteiger partial charge >= 0.3 is 5.97 Å². The zero-order valence-corrected chi connectivity index (χ0v) is 8.31. The summed E-state index contributed by atoms with van der Waals surface area (Å²) in [7, 11) is 1.42. The maximum Gasteiger partial charge on any atom is 0.308 e. The Balaban J connectivity index is 2.03. The van der Waals surface area contributed by atoms with Gasteiger partial charge in [-0.05, 0) is 12.8 Å². The summed E-state index contributed by atoms with van der Waals surface area (Å²) in [5.74, 6) is 0.0503. The van der Waals surface area contributed by atoms with Crippen LogP contribution in [0.25, 0.3) is 0 Å². The van der Waals surface area contributed by atoms with Crippen molar-refractivity contribution in [3.8, 4) is 0 Å². The minimum Gasteiger partial charge on any atom is -0.469 e. The average Bonchev–Trinajstić information content (AvgIpc) is 2.16. The quantitative estimate of drug-likeness (QED) is 0.614. The molecule has 2 rings (SSSR count). The number of esters is 1. The minimum atomic E-state index is -0.287. The van der Waals surface area contributed by atoms with Gasteiger partial charge in [-0.15, -0.1) is 0 Å². The van der Waals surface area contributed by atoms with E-state index in [1.807, 2.05) is 0 Å². The van der Waals surface area contributed by atoms with E-state index in [-0.39, 0.29) is 29.8 Å². The first-order chi connectivity index (χ1) is 6.72. The zero-order valence-electron chi connectivity index (χ0n) is 8.31. The van der Waals surface area contributed by atoms with Crippen molar-refractivity contribution in [2.24, 2.45) is 17.8 Å². The van der Waals surface area contributed by atoms with Gasteiger partial charge in [-0.25, -0.2) is 0 Å². The molecule has 2 fully saturated rings. The van der Waals surface area contributed by atoms with Crippen LogP contribution in [0.1, 0.15) is 12.8 Å². The lowest BCUT2D eigenvalue weighted by molar-refractivity contribution is -0.158. The van der Waals surface area contributed by atoms with Crippen LogP contribution in [0.3, 0.4) is 0 Å². The van der Waals surface area contributed by atoms with Crippen LogP contribution in [0.4, 0.5) is 0 Å². The predicted octanol–water partition coefficient (Wildman–Crippen LogP) is 0.193. The van der Waals surface area contributed by atoms with E-state index in [4.69, 9.17) is 9.47 Å². The van der Waals surface area contributed by atoms with Gasteiger partial charge < -0.3 is 14.6 Å². The highest BCUT2D eigenvalue weighted by Gasteiger charge is 2.42. The van der Waals surface area contributed by atoms with Crippen LogP contribution < -0.4 is 0 Å². The number of fused-ring (bicyclic) bond motifs is 2. The first-order valence-electron chi connectivity index (χ1n) is 5.06. The molecule has 4 heteroatoms. The Morgan fingerprint density at radius 2 is 1.93 bits per heavy atom. The summed E-state index contributed by atoms with van der Waals surface area (Å²) in [4.78, 5) is 11.4. The molecule has 0 aromatic heterocycles. The second-order valence-electron chi connectivity index (χ2n) is 4.24. The van der Waals surface area contributed by atoms with Crippen LogP contribution >= 0.6 is 0 Å². The number of methoxy groups -OCH3 is 1. The van der Waals surface area contributed by atoms with Crippen LogP contribution in [0.15, 0.2) is 0 Å².